The Balaban J connectivity index is 1.76. The van der Waals surface area contributed by atoms with Gasteiger partial charge in [-0.3, -0.25) is 5.41 Å². The Morgan fingerprint density at radius 3 is 2.56 bits per heavy atom. The lowest BCUT2D eigenvalue weighted by Gasteiger charge is -2.09. The number of hydrogen-bond donors (Lipinski definition) is 3. The molecule has 0 saturated carbocycles. The smallest absolute Gasteiger partial charge is 0.361 e. The van der Waals surface area contributed by atoms with Crippen LogP contribution in [0.25, 0.3) is 16.8 Å². The molecule has 14 heteroatoms. The van der Waals surface area contributed by atoms with Crippen LogP contribution in [-0.4, -0.2) is 42.1 Å². The Bertz CT molecular complexity index is 1420. The van der Waals surface area contributed by atoms with Gasteiger partial charge in [-0.05, 0) is 29.6 Å². The summed E-state index contributed by atoms with van der Waals surface area (Å²) in [6.45, 7) is 1.87. The van der Waals surface area contributed by atoms with Crippen LogP contribution in [0.4, 0.5) is 22.0 Å². The van der Waals surface area contributed by atoms with Crippen molar-refractivity contribution in [2.24, 2.45) is 10.7 Å². The fourth-order valence-corrected chi connectivity index (χ4v) is 3.66. The number of benzene rings is 1. The molecule has 5 N–H and O–H groups in total. The third kappa shape index (κ3) is 4.82. The molecule has 3 heterocycles. The zero-order valence-electron chi connectivity index (χ0n) is 18.6. The minimum atomic E-state index is -4.69. The predicted octanol–water partition coefficient (Wildman–Crippen LogP) is 2.38. The van der Waals surface area contributed by atoms with Gasteiger partial charge in [-0.25, -0.2) is 23.4 Å². The van der Waals surface area contributed by atoms with E-state index < -0.39 is 29.6 Å². The van der Waals surface area contributed by atoms with Crippen LogP contribution in [0.3, 0.4) is 0 Å². The molecule has 0 aliphatic rings. The Morgan fingerprint density at radius 1 is 1.22 bits per heavy atom. The second-order valence-electron chi connectivity index (χ2n) is 7.61. The number of nitrogens with two attached hydrogens (primary N) is 2. The van der Waals surface area contributed by atoms with Gasteiger partial charge in [0.1, 0.15) is 17.2 Å². The van der Waals surface area contributed by atoms with Gasteiger partial charge in [-0.2, -0.15) is 13.2 Å². The van der Waals surface area contributed by atoms with Crippen LogP contribution in [0.2, 0.25) is 0 Å². The number of rotatable bonds is 7. The van der Waals surface area contributed by atoms with Crippen molar-refractivity contribution >= 4 is 12.2 Å². The van der Waals surface area contributed by atoms with Gasteiger partial charge in [0.25, 0.3) is 12.2 Å². The lowest BCUT2D eigenvalue weighted by Crippen LogP contribution is -2.30. The van der Waals surface area contributed by atoms with E-state index in [0.29, 0.717) is 23.4 Å². The summed E-state index contributed by atoms with van der Waals surface area (Å²) in [6.07, 6.45) is 0.344. The summed E-state index contributed by atoms with van der Waals surface area (Å²) in [6, 6.07) is 4.73. The molecular formula is C22H19F5N9+. The first-order valence-electron chi connectivity index (χ1n) is 10.5. The van der Waals surface area contributed by atoms with Crippen molar-refractivity contribution in [3.63, 3.8) is 0 Å². The monoisotopic (exact) mass is 504 g/mol. The standard InChI is InChI=1S/C22H18F5N9/c1-2-13(17-9-36(35-34-17)18-4-3-12(23)5-15(18)24)16-6-14(19(33-16)20(29)32-10-28)11-7-30-21(31-8-11)22(25,26)27/h3-10,13,33H,2H2,1H3,(H3,28,29,32)/p+1. The highest BCUT2D eigenvalue weighted by Crippen LogP contribution is 2.33. The molecule has 9 nitrogen and oxygen atoms in total. The predicted molar refractivity (Wildman–Crippen MR) is 119 cm³/mol. The van der Waals surface area contributed by atoms with Gasteiger partial charge in [0, 0.05) is 41.2 Å². The molecule has 0 aliphatic heterocycles. The molecule has 0 saturated heterocycles. The number of hydrogen-bond acceptors (Lipinski definition) is 4. The van der Waals surface area contributed by atoms with E-state index in [-0.39, 0.29) is 22.8 Å². The average molecular weight is 504 g/mol. The van der Waals surface area contributed by atoms with Crippen LogP contribution in [0.1, 0.15) is 42.2 Å². The molecule has 0 spiro atoms. The third-order valence-electron chi connectivity index (χ3n) is 5.33. The van der Waals surface area contributed by atoms with Crippen LogP contribution >= 0.6 is 0 Å². The lowest BCUT2D eigenvalue weighted by atomic mass is 9.98. The summed E-state index contributed by atoms with van der Waals surface area (Å²) in [4.78, 5) is 13.8. The Hall–Kier alpha value is -4.49. The Morgan fingerprint density at radius 2 is 1.94 bits per heavy atom. The highest BCUT2D eigenvalue weighted by Gasteiger charge is 2.34. The second kappa shape index (κ2) is 9.64. The van der Waals surface area contributed by atoms with Gasteiger partial charge < -0.3 is 10.7 Å². The van der Waals surface area contributed by atoms with Crippen molar-refractivity contribution in [1.82, 2.24) is 29.9 Å². The summed E-state index contributed by atoms with van der Waals surface area (Å²) in [5, 5.41) is 13.4. The zero-order valence-corrected chi connectivity index (χ0v) is 18.6. The SMILES string of the molecule is CCC(c1cn(-c2ccc(F)cc2F)nn1)c1cc(-c2cnc(C(F)(F)F)nc2)c(C(N)=NC=[NH2+])[nH]1. The number of aromatic nitrogens is 6. The van der Waals surface area contributed by atoms with E-state index in [1.807, 2.05) is 6.92 Å². The van der Waals surface area contributed by atoms with Crippen molar-refractivity contribution in [3.05, 3.63) is 77.4 Å². The van der Waals surface area contributed by atoms with Gasteiger partial charge in [-0.1, -0.05) is 12.1 Å². The van der Waals surface area contributed by atoms with Crippen molar-refractivity contribution in [2.45, 2.75) is 25.4 Å². The summed E-state index contributed by atoms with van der Waals surface area (Å²) in [5.74, 6) is -3.24. The van der Waals surface area contributed by atoms with Crippen LogP contribution in [-0.2, 0) is 6.18 Å². The molecule has 0 radical (unpaired) electrons. The van der Waals surface area contributed by atoms with Crippen LogP contribution in [0.5, 0.6) is 0 Å². The fourth-order valence-electron chi connectivity index (χ4n) is 3.66. The maximum absolute atomic E-state index is 14.2. The average Bonchev–Trinajstić information content (AvgIpc) is 3.48. The van der Waals surface area contributed by atoms with Crippen molar-refractivity contribution in [3.8, 4) is 16.8 Å². The molecule has 3 aromatic heterocycles. The quantitative estimate of drug-likeness (QED) is 0.202. The Kier molecular flexibility index (Phi) is 6.59. The first kappa shape index (κ1) is 24.6. The molecule has 4 aromatic rings. The third-order valence-corrected chi connectivity index (χ3v) is 5.33. The minimum absolute atomic E-state index is 0.00892. The number of aromatic amines is 1. The van der Waals surface area contributed by atoms with Gasteiger partial charge in [0.05, 0.1) is 11.9 Å². The lowest BCUT2D eigenvalue weighted by molar-refractivity contribution is -0.145. The van der Waals surface area contributed by atoms with Crippen LogP contribution in [0.15, 0.2) is 47.8 Å². The molecule has 1 unspecified atom stereocenters. The Labute approximate surface area is 200 Å². The first-order valence-corrected chi connectivity index (χ1v) is 10.5. The number of nitrogens with one attached hydrogen (secondary N) is 1. The number of aliphatic imine (C=N–C) groups is 1. The summed E-state index contributed by atoms with van der Waals surface area (Å²) in [7, 11) is 0. The van der Waals surface area contributed by atoms with E-state index in [2.05, 4.69) is 30.3 Å². The molecule has 0 amide bonds. The van der Waals surface area contributed by atoms with Gasteiger partial charge in [0.2, 0.25) is 5.82 Å². The van der Waals surface area contributed by atoms with E-state index in [0.717, 1.165) is 30.9 Å². The van der Waals surface area contributed by atoms with Crippen LogP contribution in [0, 0.1) is 11.6 Å². The maximum Gasteiger partial charge on any atom is 0.451 e. The molecular weight excluding hydrogens is 485 g/mol. The molecule has 0 fully saturated rings. The van der Waals surface area contributed by atoms with Crippen LogP contribution < -0.4 is 11.1 Å². The van der Waals surface area contributed by atoms with Crippen molar-refractivity contribution in [2.75, 3.05) is 0 Å². The van der Waals surface area contributed by atoms with Gasteiger partial charge >= 0.3 is 6.18 Å². The molecule has 1 atom stereocenters. The summed E-state index contributed by atoms with van der Waals surface area (Å²) < 4.78 is 67.3. The van der Waals surface area contributed by atoms with E-state index in [1.54, 1.807) is 6.07 Å². The fraction of sp³-hybridized carbons (Fsp3) is 0.182. The highest BCUT2D eigenvalue weighted by molar-refractivity contribution is 6.04. The molecule has 36 heavy (non-hydrogen) atoms. The van der Waals surface area contributed by atoms with Crippen molar-refractivity contribution in [1.29, 1.82) is 0 Å². The largest absolute Gasteiger partial charge is 0.451 e. The number of halogens is 5. The normalized spacial score (nSPS) is 13.1. The van der Waals surface area contributed by atoms with E-state index in [9.17, 15) is 22.0 Å². The molecule has 1 aromatic carbocycles. The number of H-pyrrole nitrogens is 1. The second-order valence-corrected chi connectivity index (χ2v) is 7.61. The molecule has 0 aliphatic carbocycles. The summed E-state index contributed by atoms with van der Waals surface area (Å²) in [5.41, 5.74) is 7.98. The van der Waals surface area contributed by atoms with E-state index >= 15 is 0 Å². The zero-order chi connectivity index (χ0) is 26.0. The topological polar surface area (TPSA) is 136 Å². The number of alkyl halides is 3. The molecule has 0 bridgehead atoms. The van der Waals surface area contributed by atoms with Gasteiger partial charge in [-0.15, -0.1) is 5.10 Å². The minimum Gasteiger partial charge on any atom is -0.361 e. The summed E-state index contributed by atoms with van der Waals surface area (Å²) >= 11 is 0. The first-order chi connectivity index (χ1) is 17.1. The maximum atomic E-state index is 14.2. The highest BCUT2D eigenvalue weighted by atomic mass is 19.4. The van der Waals surface area contributed by atoms with Gasteiger partial charge in [0.15, 0.2) is 5.82 Å². The van der Waals surface area contributed by atoms with Crippen molar-refractivity contribution < 1.29 is 27.4 Å². The number of nitrogens with zero attached hydrogens (tertiary/aromatic N) is 6. The van der Waals surface area contributed by atoms with E-state index in [4.69, 9.17) is 11.1 Å². The molecule has 186 valence electrons. The van der Waals surface area contributed by atoms with E-state index in [1.165, 1.54) is 16.9 Å². The number of amidine groups is 1. The molecule has 4 rings (SSSR count).